The number of rotatable bonds is 9. The van der Waals surface area contributed by atoms with Crippen LogP contribution in [0.2, 0.25) is 0 Å². The first-order chi connectivity index (χ1) is 13.3. The minimum atomic E-state index is -0.590. The summed E-state index contributed by atoms with van der Waals surface area (Å²) >= 11 is 1.20. The summed E-state index contributed by atoms with van der Waals surface area (Å²) in [5.41, 5.74) is 0.521. The van der Waals surface area contributed by atoms with E-state index in [-0.39, 0.29) is 17.9 Å². The molecule has 0 bridgehead atoms. The summed E-state index contributed by atoms with van der Waals surface area (Å²) in [5.74, 6) is -1.27. The van der Waals surface area contributed by atoms with Gasteiger partial charge >= 0.3 is 0 Å². The van der Waals surface area contributed by atoms with Crippen LogP contribution in [0.5, 0.6) is 0 Å². The lowest BCUT2D eigenvalue weighted by atomic mass is 10.2. The van der Waals surface area contributed by atoms with E-state index in [1.165, 1.54) is 29.5 Å². The summed E-state index contributed by atoms with van der Waals surface area (Å²) in [6.45, 7) is 9.88. The molecule has 1 aromatic heterocycles. The normalized spacial score (nSPS) is 11.3. The first-order valence-electron chi connectivity index (χ1n) is 9.30. The molecular weight excluding hydrogens is 379 g/mol. The number of carbonyl (C=O) groups is 2. The highest BCUT2D eigenvalue weighted by Gasteiger charge is 2.15. The number of nitrogens with one attached hydrogen (secondary N) is 2. The number of amides is 2. The number of benzene rings is 1. The molecule has 1 aromatic carbocycles. The SMILES string of the molecule is CC(C)N(CCNC(=O)Cc1csc(NC(=O)c2ccccc2F)n1)C(C)C. The van der Waals surface area contributed by atoms with Crippen LogP contribution in [0.15, 0.2) is 29.6 Å². The van der Waals surface area contributed by atoms with E-state index < -0.39 is 11.7 Å². The molecule has 0 aliphatic heterocycles. The number of aromatic nitrogens is 1. The van der Waals surface area contributed by atoms with Gasteiger partial charge in [-0.25, -0.2) is 9.37 Å². The lowest BCUT2D eigenvalue weighted by Crippen LogP contribution is -2.42. The lowest BCUT2D eigenvalue weighted by molar-refractivity contribution is -0.120. The van der Waals surface area contributed by atoms with Gasteiger partial charge in [0.2, 0.25) is 5.91 Å². The summed E-state index contributed by atoms with van der Waals surface area (Å²) in [4.78, 5) is 30.8. The predicted octanol–water partition coefficient (Wildman–Crippen LogP) is 3.31. The van der Waals surface area contributed by atoms with Crippen molar-refractivity contribution in [3.63, 3.8) is 0 Å². The number of anilines is 1. The number of nitrogens with zero attached hydrogens (tertiary/aromatic N) is 2. The van der Waals surface area contributed by atoms with E-state index in [0.717, 1.165) is 6.54 Å². The van der Waals surface area contributed by atoms with Crippen LogP contribution in [0.4, 0.5) is 9.52 Å². The van der Waals surface area contributed by atoms with Gasteiger partial charge in [-0.2, -0.15) is 0 Å². The highest BCUT2D eigenvalue weighted by Crippen LogP contribution is 2.17. The first-order valence-corrected chi connectivity index (χ1v) is 10.2. The van der Waals surface area contributed by atoms with Gasteiger partial charge in [-0.3, -0.25) is 19.8 Å². The second-order valence-corrected chi connectivity index (χ2v) is 7.89. The fraction of sp³-hybridized carbons (Fsp3) is 0.450. The zero-order chi connectivity index (χ0) is 20.7. The van der Waals surface area contributed by atoms with Crippen molar-refractivity contribution in [2.45, 2.75) is 46.2 Å². The van der Waals surface area contributed by atoms with Crippen LogP contribution >= 0.6 is 11.3 Å². The van der Waals surface area contributed by atoms with Crippen LogP contribution in [-0.4, -0.2) is 46.9 Å². The van der Waals surface area contributed by atoms with Crippen LogP contribution in [0, 0.1) is 5.82 Å². The zero-order valence-electron chi connectivity index (χ0n) is 16.7. The summed E-state index contributed by atoms with van der Waals surface area (Å²) in [6.07, 6.45) is 0.134. The largest absolute Gasteiger partial charge is 0.354 e. The Hall–Kier alpha value is -2.32. The van der Waals surface area contributed by atoms with Crippen molar-refractivity contribution in [1.82, 2.24) is 15.2 Å². The molecule has 0 spiro atoms. The first kappa shape index (κ1) is 22.0. The molecule has 1 heterocycles. The third kappa shape index (κ3) is 6.38. The minimum absolute atomic E-state index is 0.0446. The van der Waals surface area contributed by atoms with Crippen LogP contribution in [-0.2, 0) is 11.2 Å². The zero-order valence-corrected chi connectivity index (χ0v) is 17.5. The van der Waals surface area contributed by atoms with Crippen LogP contribution in [0.1, 0.15) is 43.7 Å². The molecule has 2 N–H and O–H groups in total. The molecular formula is C20H27FN4O2S. The van der Waals surface area contributed by atoms with Gasteiger partial charge in [0.25, 0.3) is 5.91 Å². The molecule has 0 aliphatic carbocycles. The number of halogens is 1. The second-order valence-electron chi connectivity index (χ2n) is 7.03. The second kappa shape index (κ2) is 10.3. The van der Waals surface area contributed by atoms with Gasteiger partial charge in [0.15, 0.2) is 5.13 Å². The Balaban J connectivity index is 1.83. The van der Waals surface area contributed by atoms with Gasteiger partial charge in [0, 0.05) is 30.6 Å². The van der Waals surface area contributed by atoms with Crippen molar-refractivity contribution in [2.75, 3.05) is 18.4 Å². The smallest absolute Gasteiger partial charge is 0.260 e. The van der Waals surface area contributed by atoms with E-state index in [4.69, 9.17) is 0 Å². The molecule has 0 aliphatic rings. The van der Waals surface area contributed by atoms with Crippen LogP contribution < -0.4 is 10.6 Å². The van der Waals surface area contributed by atoms with E-state index in [2.05, 4.69) is 48.2 Å². The minimum Gasteiger partial charge on any atom is -0.354 e. The van der Waals surface area contributed by atoms with Crippen LogP contribution in [0.3, 0.4) is 0 Å². The van der Waals surface area contributed by atoms with Crippen molar-refractivity contribution in [3.8, 4) is 0 Å². The Morgan fingerprint density at radius 2 is 1.86 bits per heavy atom. The van der Waals surface area contributed by atoms with E-state index in [1.807, 2.05) is 0 Å². The van der Waals surface area contributed by atoms with Gasteiger partial charge in [0.05, 0.1) is 17.7 Å². The molecule has 0 saturated heterocycles. The average Bonchev–Trinajstić information content (AvgIpc) is 3.05. The summed E-state index contributed by atoms with van der Waals surface area (Å²) in [5, 5.41) is 7.52. The monoisotopic (exact) mass is 406 g/mol. The number of thiazole rings is 1. The quantitative estimate of drug-likeness (QED) is 0.670. The lowest BCUT2D eigenvalue weighted by Gasteiger charge is -2.30. The number of hydrogen-bond donors (Lipinski definition) is 2. The van der Waals surface area contributed by atoms with Gasteiger partial charge < -0.3 is 5.32 Å². The Morgan fingerprint density at radius 1 is 1.18 bits per heavy atom. The van der Waals surface area contributed by atoms with Gasteiger partial charge in [-0.1, -0.05) is 12.1 Å². The van der Waals surface area contributed by atoms with E-state index in [0.29, 0.717) is 29.5 Å². The molecule has 0 unspecified atom stereocenters. The van der Waals surface area contributed by atoms with Gasteiger partial charge in [-0.05, 0) is 39.8 Å². The molecule has 0 fully saturated rings. The molecule has 6 nitrogen and oxygen atoms in total. The summed E-state index contributed by atoms with van der Waals surface area (Å²) < 4.78 is 13.7. The van der Waals surface area contributed by atoms with E-state index in [1.54, 1.807) is 11.4 Å². The van der Waals surface area contributed by atoms with Crippen LogP contribution in [0.25, 0.3) is 0 Å². The van der Waals surface area contributed by atoms with E-state index >= 15 is 0 Å². The Bertz CT molecular complexity index is 799. The summed E-state index contributed by atoms with van der Waals surface area (Å²) in [7, 11) is 0. The molecule has 2 amide bonds. The molecule has 28 heavy (non-hydrogen) atoms. The molecule has 0 radical (unpaired) electrons. The maximum Gasteiger partial charge on any atom is 0.260 e. The van der Waals surface area contributed by atoms with Crippen molar-refractivity contribution < 1.29 is 14.0 Å². The third-order valence-corrected chi connectivity index (χ3v) is 5.06. The predicted molar refractivity (Wildman–Crippen MR) is 110 cm³/mol. The Kier molecular flexibility index (Phi) is 8.07. The van der Waals surface area contributed by atoms with Crippen molar-refractivity contribution in [1.29, 1.82) is 0 Å². The topological polar surface area (TPSA) is 74.3 Å². The number of hydrogen-bond acceptors (Lipinski definition) is 5. The van der Waals surface area contributed by atoms with Crippen molar-refractivity contribution in [3.05, 3.63) is 46.7 Å². The molecule has 2 aromatic rings. The molecule has 8 heteroatoms. The molecule has 0 saturated carbocycles. The maximum absolute atomic E-state index is 13.7. The summed E-state index contributed by atoms with van der Waals surface area (Å²) in [6, 6.07) is 6.58. The Labute approximate surface area is 169 Å². The number of carbonyl (C=O) groups excluding carboxylic acids is 2. The molecule has 152 valence electrons. The fourth-order valence-electron chi connectivity index (χ4n) is 2.92. The van der Waals surface area contributed by atoms with Crippen molar-refractivity contribution >= 4 is 28.3 Å². The standard InChI is InChI=1S/C20H27FN4O2S/c1-13(2)25(14(3)4)10-9-22-18(26)11-15-12-28-20(23-15)24-19(27)16-7-5-6-8-17(16)21/h5-8,12-14H,9-11H2,1-4H3,(H,22,26)(H,23,24,27). The van der Waals surface area contributed by atoms with E-state index in [9.17, 15) is 14.0 Å². The Morgan fingerprint density at radius 3 is 2.50 bits per heavy atom. The third-order valence-electron chi connectivity index (χ3n) is 4.25. The fourth-order valence-corrected chi connectivity index (χ4v) is 3.62. The highest BCUT2D eigenvalue weighted by atomic mass is 32.1. The van der Waals surface area contributed by atoms with Crippen molar-refractivity contribution in [2.24, 2.45) is 0 Å². The van der Waals surface area contributed by atoms with Gasteiger partial charge in [0.1, 0.15) is 5.82 Å². The maximum atomic E-state index is 13.7. The highest BCUT2D eigenvalue weighted by molar-refractivity contribution is 7.14. The van der Waals surface area contributed by atoms with Gasteiger partial charge in [-0.15, -0.1) is 11.3 Å². The molecule has 2 rings (SSSR count). The molecule has 0 atom stereocenters. The average molecular weight is 407 g/mol.